The summed E-state index contributed by atoms with van der Waals surface area (Å²) in [5.41, 5.74) is 0. The van der Waals surface area contributed by atoms with Gasteiger partial charge in [0.25, 0.3) is 0 Å². The number of hydrogen-bond acceptors (Lipinski definition) is 4. The van der Waals surface area contributed by atoms with E-state index < -0.39 is 0 Å². The van der Waals surface area contributed by atoms with Crippen molar-refractivity contribution in [3.63, 3.8) is 0 Å². The minimum absolute atomic E-state index is 0.966. The summed E-state index contributed by atoms with van der Waals surface area (Å²) in [5, 5.41) is 0. The summed E-state index contributed by atoms with van der Waals surface area (Å²) in [5.74, 6) is 1.01. The molecule has 1 aliphatic rings. The summed E-state index contributed by atoms with van der Waals surface area (Å²) in [6, 6.07) is 0. The lowest BCUT2D eigenvalue weighted by molar-refractivity contribution is 0.458. The number of hydrogen-bond donors (Lipinski definition) is 1. The largest absolute Gasteiger partial charge is 0.345 e. The highest BCUT2D eigenvalue weighted by Crippen LogP contribution is 1.99. The van der Waals surface area contributed by atoms with E-state index >= 15 is 0 Å². The molecule has 0 saturated carbocycles. The van der Waals surface area contributed by atoms with Gasteiger partial charge in [0.2, 0.25) is 5.96 Å². The van der Waals surface area contributed by atoms with Gasteiger partial charge in [0.05, 0.1) is 0 Å². The SMILES string of the molecule is CSNC1=NCCCN1C. The molecular formula is C6H13N3S. The second-order valence-corrected chi connectivity index (χ2v) is 2.90. The normalized spacial score (nSPS) is 18.6. The fourth-order valence-corrected chi connectivity index (χ4v) is 1.32. The Bertz CT molecular complexity index is 135. The Hall–Kier alpha value is -0.380. The molecule has 1 heterocycles. The Morgan fingerprint density at radius 1 is 1.70 bits per heavy atom. The van der Waals surface area contributed by atoms with Gasteiger partial charge in [-0.25, -0.2) is 0 Å². The molecule has 0 aromatic rings. The van der Waals surface area contributed by atoms with Crippen LogP contribution < -0.4 is 4.72 Å². The standard InChI is InChI=1S/C6H13N3S/c1-9-5-3-4-7-6(9)8-10-2/h3-5H2,1-2H3,(H,7,8). The van der Waals surface area contributed by atoms with Crippen LogP contribution in [0.5, 0.6) is 0 Å². The van der Waals surface area contributed by atoms with Gasteiger partial charge in [-0.15, -0.1) is 0 Å². The molecule has 0 unspecified atom stereocenters. The van der Waals surface area contributed by atoms with E-state index in [0.717, 1.165) is 19.0 Å². The molecule has 1 rings (SSSR count). The molecule has 3 nitrogen and oxygen atoms in total. The molecule has 0 fully saturated rings. The van der Waals surface area contributed by atoms with Gasteiger partial charge < -0.3 is 9.62 Å². The molecule has 1 aliphatic heterocycles. The number of nitrogens with one attached hydrogen (secondary N) is 1. The summed E-state index contributed by atoms with van der Waals surface area (Å²) in [7, 11) is 2.06. The molecule has 0 atom stereocenters. The third kappa shape index (κ3) is 1.80. The highest BCUT2D eigenvalue weighted by molar-refractivity contribution is 7.97. The first-order chi connectivity index (χ1) is 4.84. The van der Waals surface area contributed by atoms with Crippen LogP contribution in [-0.4, -0.2) is 37.3 Å². The van der Waals surface area contributed by atoms with Crippen LogP contribution in [-0.2, 0) is 0 Å². The predicted molar refractivity (Wildman–Crippen MR) is 46.2 cm³/mol. The summed E-state index contributed by atoms with van der Waals surface area (Å²) in [6.07, 6.45) is 3.18. The highest BCUT2D eigenvalue weighted by atomic mass is 32.2. The van der Waals surface area contributed by atoms with Crippen molar-refractivity contribution in [1.29, 1.82) is 0 Å². The van der Waals surface area contributed by atoms with E-state index in [-0.39, 0.29) is 0 Å². The van der Waals surface area contributed by atoms with Gasteiger partial charge in [0.15, 0.2) is 0 Å². The maximum Gasteiger partial charge on any atom is 0.203 e. The lowest BCUT2D eigenvalue weighted by Crippen LogP contribution is -2.39. The lowest BCUT2D eigenvalue weighted by atomic mass is 10.4. The van der Waals surface area contributed by atoms with Crippen molar-refractivity contribution in [2.45, 2.75) is 6.42 Å². The number of rotatable bonds is 1. The summed E-state index contributed by atoms with van der Waals surface area (Å²) in [6.45, 7) is 2.08. The highest BCUT2D eigenvalue weighted by Gasteiger charge is 2.08. The predicted octanol–water partition coefficient (Wildman–Crippen LogP) is 0.545. The molecule has 0 radical (unpaired) electrons. The number of nitrogens with zero attached hydrogens (tertiary/aromatic N) is 2. The Morgan fingerprint density at radius 2 is 2.50 bits per heavy atom. The molecule has 1 N–H and O–H groups in total. The molecule has 4 heteroatoms. The van der Waals surface area contributed by atoms with E-state index in [1.165, 1.54) is 6.42 Å². The fourth-order valence-electron chi connectivity index (χ4n) is 0.921. The summed E-state index contributed by atoms with van der Waals surface area (Å²) >= 11 is 1.59. The van der Waals surface area contributed by atoms with Crippen molar-refractivity contribution in [1.82, 2.24) is 9.62 Å². The molecular weight excluding hydrogens is 146 g/mol. The zero-order valence-corrected chi connectivity index (χ0v) is 7.24. The van der Waals surface area contributed by atoms with E-state index in [1.807, 2.05) is 6.26 Å². The minimum atomic E-state index is 0.966. The molecule has 0 aliphatic carbocycles. The fraction of sp³-hybridized carbons (Fsp3) is 0.833. The van der Waals surface area contributed by atoms with Gasteiger partial charge in [-0.1, -0.05) is 11.9 Å². The zero-order valence-electron chi connectivity index (χ0n) is 6.42. The van der Waals surface area contributed by atoms with Crippen molar-refractivity contribution in [3.05, 3.63) is 0 Å². The third-order valence-electron chi connectivity index (χ3n) is 1.47. The molecule has 0 saturated heterocycles. The van der Waals surface area contributed by atoms with E-state index in [2.05, 4.69) is 21.7 Å². The van der Waals surface area contributed by atoms with E-state index in [9.17, 15) is 0 Å². The van der Waals surface area contributed by atoms with Gasteiger partial charge in [-0.2, -0.15) is 0 Å². The van der Waals surface area contributed by atoms with Crippen LogP contribution in [0.1, 0.15) is 6.42 Å². The van der Waals surface area contributed by atoms with Crippen molar-refractivity contribution < 1.29 is 0 Å². The van der Waals surface area contributed by atoms with Gasteiger partial charge in [0.1, 0.15) is 0 Å². The van der Waals surface area contributed by atoms with Crippen LogP contribution in [0.3, 0.4) is 0 Å². The average Bonchev–Trinajstić information content (AvgIpc) is 1.94. The third-order valence-corrected chi connectivity index (χ3v) is 1.85. The Kier molecular flexibility index (Phi) is 2.86. The molecule has 0 aromatic carbocycles. The number of guanidine groups is 1. The summed E-state index contributed by atoms with van der Waals surface area (Å²) in [4.78, 5) is 6.45. The maximum absolute atomic E-state index is 4.31. The van der Waals surface area contributed by atoms with Crippen molar-refractivity contribution in [3.8, 4) is 0 Å². The summed E-state index contributed by atoms with van der Waals surface area (Å²) < 4.78 is 3.13. The van der Waals surface area contributed by atoms with Crippen LogP contribution >= 0.6 is 11.9 Å². The number of aliphatic imine (C=N–C) groups is 1. The first kappa shape index (κ1) is 7.72. The van der Waals surface area contributed by atoms with Crippen LogP contribution in [0.15, 0.2) is 4.99 Å². The lowest BCUT2D eigenvalue weighted by Gasteiger charge is -2.24. The van der Waals surface area contributed by atoms with Gasteiger partial charge in [0, 0.05) is 26.4 Å². The van der Waals surface area contributed by atoms with Crippen LogP contribution in [0, 0.1) is 0 Å². The molecule has 0 bridgehead atoms. The molecule has 0 spiro atoms. The zero-order chi connectivity index (χ0) is 7.40. The molecule has 0 amide bonds. The minimum Gasteiger partial charge on any atom is -0.345 e. The quantitative estimate of drug-likeness (QED) is 0.566. The molecule has 0 aromatic heterocycles. The Balaban J connectivity index is 2.44. The van der Waals surface area contributed by atoms with E-state index in [4.69, 9.17) is 0 Å². The van der Waals surface area contributed by atoms with E-state index in [1.54, 1.807) is 11.9 Å². The smallest absolute Gasteiger partial charge is 0.203 e. The molecule has 10 heavy (non-hydrogen) atoms. The first-order valence-electron chi connectivity index (χ1n) is 3.39. The Labute approximate surface area is 66.0 Å². The van der Waals surface area contributed by atoms with Gasteiger partial charge in [-0.3, -0.25) is 4.99 Å². The topological polar surface area (TPSA) is 27.6 Å². The second kappa shape index (κ2) is 3.71. The van der Waals surface area contributed by atoms with Crippen LogP contribution in [0.4, 0.5) is 0 Å². The van der Waals surface area contributed by atoms with Crippen LogP contribution in [0.25, 0.3) is 0 Å². The second-order valence-electron chi connectivity index (χ2n) is 2.29. The monoisotopic (exact) mass is 159 g/mol. The molecule has 58 valence electrons. The van der Waals surface area contributed by atoms with Gasteiger partial charge >= 0.3 is 0 Å². The van der Waals surface area contributed by atoms with Crippen molar-refractivity contribution in [2.24, 2.45) is 4.99 Å². The van der Waals surface area contributed by atoms with Crippen molar-refractivity contribution >= 4 is 17.9 Å². The van der Waals surface area contributed by atoms with E-state index in [0.29, 0.717) is 0 Å². The van der Waals surface area contributed by atoms with Crippen LogP contribution in [0.2, 0.25) is 0 Å². The first-order valence-corrected chi connectivity index (χ1v) is 4.61. The van der Waals surface area contributed by atoms with Crippen molar-refractivity contribution in [2.75, 3.05) is 26.4 Å². The average molecular weight is 159 g/mol. The maximum atomic E-state index is 4.31. The Morgan fingerprint density at radius 3 is 3.10 bits per heavy atom. The van der Waals surface area contributed by atoms with Gasteiger partial charge in [-0.05, 0) is 6.42 Å².